The van der Waals surface area contributed by atoms with Crippen LogP contribution in [-0.2, 0) is 6.54 Å². The molecule has 0 amide bonds. The molecular formula is C17H21BN6. The van der Waals surface area contributed by atoms with E-state index in [1.165, 1.54) is 12.8 Å². The molecule has 24 heavy (non-hydrogen) atoms. The molecule has 2 N–H and O–H groups in total. The maximum atomic E-state index is 4.90. The van der Waals surface area contributed by atoms with E-state index in [1.807, 2.05) is 18.5 Å². The normalized spacial score (nSPS) is 17.9. The van der Waals surface area contributed by atoms with Crippen molar-refractivity contribution in [3.63, 3.8) is 0 Å². The summed E-state index contributed by atoms with van der Waals surface area (Å²) in [6.45, 7) is 2.79. The standard InChI is InChI=1S/C17H21BN6/c18-15-10-22-17-16(21-8-12-3-1-5-19-7-12)23-14(11-24(15)17)13-4-2-6-20-9-13/h1,3,5,7,10-11,13,20H,2,4,6,8-9,18H2,(H,21,23). The van der Waals surface area contributed by atoms with Crippen LogP contribution < -0.4 is 16.2 Å². The smallest absolute Gasteiger partial charge is 0.179 e. The highest BCUT2D eigenvalue weighted by atomic mass is 15.1. The van der Waals surface area contributed by atoms with Crippen LogP contribution in [0, 0.1) is 0 Å². The first-order valence-electron chi connectivity index (χ1n) is 8.49. The molecule has 0 saturated carbocycles. The van der Waals surface area contributed by atoms with Gasteiger partial charge in [0.1, 0.15) is 0 Å². The van der Waals surface area contributed by atoms with E-state index in [9.17, 15) is 0 Å². The molecule has 0 bridgehead atoms. The Balaban J connectivity index is 1.67. The van der Waals surface area contributed by atoms with Crippen LogP contribution in [0.1, 0.15) is 30.0 Å². The molecule has 3 aromatic heterocycles. The summed E-state index contributed by atoms with van der Waals surface area (Å²) in [6.07, 6.45) is 10.1. The van der Waals surface area contributed by atoms with E-state index in [0.29, 0.717) is 12.5 Å². The molecule has 0 aliphatic carbocycles. The van der Waals surface area contributed by atoms with Gasteiger partial charge < -0.3 is 15.0 Å². The van der Waals surface area contributed by atoms with Crippen LogP contribution in [0.4, 0.5) is 5.82 Å². The van der Waals surface area contributed by atoms with Crippen LogP contribution in [-0.4, -0.2) is 40.3 Å². The van der Waals surface area contributed by atoms with Crippen LogP contribution in [0.5, 0.6) is 0 Å². The lowest BCUT2D eigenvalue weighted by molar-refractivity contribution is 0.454. The first kappa shape index (κ1) is 15.1. The SMILES string of the molecule is Bc1cnc2c(NCc3cccnc3)nc(C3CCCNC3)cn12. The Morgan fingerprint density at radius 3 is 3.12 bits per heavy atom. The van der Waals surface area contributed by atoms with Crippen molar-refractivity contribution in [3.05, 3.63) is 48.2 Å². The summed E-state index contributed by atoms with van der Waals surface area (Å²) in [5.74, 6) is 1.30. The molecule has 4 rings (SSSR count). The van der Waals surface area contributed by atoms with Gasteiger partial charge in [-0.05, 0) is 36.6 Å². The average Bonchev–Trinajstić information content (AvgIpc) is 3.02. The first-order chi connectivity index (χ1) is 11.8. The van der Waals surface area contributed by atoms with Gasteiger partial charge in [0.2, 0.25) is 0 Å². The quantitative estimate of drug-likeness (QED) is 0.684. The number of hydrogen-bond acceptors (Lipinski definition) is 5. The van der Waals surface area contributed by atoms with Crippen molar-refractivity contribution < 1.29 is 0 Å². The molecule has 7 heteroatoms. The number of anilines is 1. The van der Waals surface area contributed by atoms with Gasteiger partial charge in [0.15, 0.2) is 19.3 Å². The highest BCUT2D eigenvalue weighted by Gasteiger charge is 2.19. The Kier molecular flexibility index (Phi) is 4.17. The summed E-state index contributed by atoms with van der Waals surface area (Å²) in [6, 6.07) is 4.01. The van der Waals surface area contributed by atoms with E-state index in [-0.39, 0.29) is 0 Å². The van der Waals surface area contributed by atoms with Crippen molar-refractivity contribution in [2.75, 3.05) is 18.4 Å². The van der Waals surface area contributed by atoms with Gasteiger partial charge in [-0.2, -0.15) is 0 Å². The molecule has 1 atom stereocenters. The second kappa shape index (κ2) is 6.61. The van der Waals surface area contributed by atoms with Gasteiger partial charge in [0.25, 0.3) is 0 Å². The van der Waals surface area contributed by atoms with Crippen LogP contribution in [0.15, 0.2) is 36.9 Å². The van der Waals surface area contributed by atoms with E-state index in [0.717, 1.165) is 41.4 Å². The van der Waals surface area contributed by atoms with E-state index in [2.05, 4.69) is 45.1 Å². The van der Waals surface area contributed by atoms with Crippen LogP contribution >= 0.6 is 0 Å². The lowest BCUT2D eigenvalue weighted by Gasteiger charge is -2.23. The minimum absolute atomic E-state index is 0.462. The summed E-state index contributed by atoms with van der Waals surface area (Å²) in [5, 5.41) is 6.92. The number of imidazole rings is 1. The Morgan fingerprint density at radius 2 is 2.33 bits per heavy atom. The monoisotopic (exact) mass is 320 g/mol. The molecular weight excluding hydrogens is 299 g/mol. The number of fused-ring (bicyclic) bond motifs is 1. The van der Waals surface area contributed by atoms with Crippen molar-refractivity contribution in [2.24, 2.45) is 0 Å². The van der Waals surface area contributed by atoms with E-state index < -0.39 is 0 Å². The second-order valence-corrected chi connectivity index (χ2v) is 6.37. The number of nitrogens with one attached hydrogen (secondary N) is 2. The third-order valence-corrected chi connectivity index (χ3v) is 4.59. The first-order valence-corrected chi connectivity index (χ1v) is 8.49. The van der Waals surface area contributed by atoms with Crippen molar-refractivity contribution in [3.8, 4) is 0 Å². The van der Waals surface area contributed by atoms with E-state index in [1.54, 1.807) is 6.20 Å². The molecule has 122 valence electrons. The number of nitrogens with zero attached hydrogens (tertiary/aromatic N) is 4. The zero-order valence-corrected chi connectivity index (χ0v) is 13.9. The zero-order valence-electron chi connectivity index (χ0n) is 13.9. The van der Waals surface area contributed by atoms with Gasteiger partial charge in [0, 0.05) is 43.8 Å². The maximum absolute atomic E-state index is 4.90. The minimum Gasteiger partial charge on any atom is -0.363 e. The molecule has 6 nitrogen and oxygen atoms in total. The summed E-state index contributed by atoms with van der Waals surface area (Å²) < 4.78 is 2.14. The lowest BCUT2D eigenvalue weighted by atomic mass is 9.96. The number of hydrogen-bond donors (Lipinski definition) is 2. The molecule has 1 aliphatic heterocycles. The third kappa shape index (κ3) is 2.99. The number of aromatic nitrogens is 4. The Hall–Kier alpha value is -2.41. The van der Waals surface area contributed by atoms with Gasteiger partial charge in [0.05, 0.1) is 5.69 Å². The molecule has 0 radical (unpaired) electrons. The largest absolute Gasteiger partial charge is 0.363 e. The van der Waals surface area contributed by atoms with Crippen molar-refractivity contribution >= 4 is 24.9 Å². The van der Waals surface area contributed by atoms with Gasteiger partial charge >= 0.3 is 0 Å². The minimum atomic E-state index is 0.462. The van der Waals surface area contributed by atoms with Gasteiger partial charge in [-0.3, -0.25) is 4.98 Å². The van der Waals surface area contributed by atoms with Gasteiger partial charge in [-0.25, -0.2) is 9.97 Å². The molecule has 1 fully saturated rings. The number of piperidine rings is 1. The summed E-state index contributed by atoms with van der Waals surface area (Å²) in [4.78, 5) is 13.6. The Bertz CT molecular complexity index is 826. The molecule has 3 aromatic rings. The predicted octanol–water partition coefficient (Wildman–Crippen LogP) is 0.462. The van der Waals surface area contributed by atoms with Crippen LogP contribution in [0.3, 0.4) is 0 Å². The molecule has 1 saturated heterocycles. The maximum Gasteiger partial charge on any atom is 0.179 e. The van der Waals surface area contributed by atoms with Crippen LogP contribution in [0.2, 0.25) is 0 Å². The Labute approximate surface area is 142 Å². The fourth-order valence-electron chi connectivity index (χ4n) is 3.23. The second-order valence-electron chi connectivity index (χ2n) is 6.37. The highest BCUT2D eigenvalue weighted by Crippen LogP contribution is 2.24. The van der Waals surface area contributed by atoms with Crippen molar-refractivity contribution in [2.45, 2.75) is 25.3 Å². The fourth-order valence-corrected chi connectivity index (χ4v) is 3.23. The fraction of sp³-hybridized carbons (Fsp3) is 0.353. The molecule has 1 unspecified atom stereocenters. The van der Waals surface area contributed by atoms with Gasteiger partial charge in [-0.1, -0.05) is 6.07 Å². The molecule has 0 aromatic carbocycles. The third-order valence-electron chi connectivity index (χ3n) is 4.59. The molecule has 0 spiro atoms. The summed E-state index contributed by atoms with van der Waals surface area (Å²) in [7, 11) is 2.08. The number of rotatable bonds is 4. The zero-order chi connectivity index (χ0) is 16.4. The summed E-state index contributed by atoms with van der Waals surface area (Å²) in [5.41, 5.74) is 4.26. The molecule has 1 aliphatic rings. The van der Waals surface area contributed by atoms with E-state index >= 15 is 0 Å². The van der Waals surface area contributed by atoms with Crippen LogP contribution in [0.25, 0.3) is 5.65 Å². The number of pyridine rings is 1. The van der Waals surface area contributed by atoms with Gasteiger partial charge in [-0.15, -0.1) is 0 Å². The summed E-state index contributed by atoms with van der Waals surface area (Å²) >= 11 is 0. The molecule has 4 heterocycles. The topological polar surface area (TPSA) is 67.1 Å². The lowest BCUT2D eigenvalue weighted by Crippen LogP contribution is -2.29. The predicted molar refractivity (Wildman–Crippen MR) is 97.6 cm³/mol. The Morgan fingerprint density at radius 1 is 1.38 bits per heavy atom. The van der Waals surface area contributed by atoms with Crippen molar-refractivity contribution in [1.29, 1.82) is 0 Å². The van der Waals surface area contributed by atoms with E-state index in [4.69, 9.17) is 4.98 Å². The van der Waals surface area contributed by atoms with Crippen molar-refractivity contribution in [1.82, 2.24) is 24.7 Å². The average molecular weight is 320 g/mol. The highest BCUT2D eigenvalue weighted by molar-refractivity contribution is 6.31.